The van der Waals surface area contributed by atoms with Crippen LogP contribution in [0.1, 0.15) is 37.7 Å². The molecule has 5 heteroatoms. The molecule has 4 nitrogen and oxygen atoms in total. The predicted molar refractivity (Wildman–Crippen MR) is 112 cm³/mol. The molecular formula is C22H26N2O2S. The lowest BCUT2D eigenvalue weighted by Crippen LogP contribution is -2.24. The maximum atomic E-state index is 12.4. The Balaban J connectivity index is 1.50. The van der Waals surface area contributed by atoms with Crippen molar-refractivity contribution in [2.45, 2.75) is 43.9 Å². The molecule has 3 rings (SSSR count). The van der Waals surface area contributed by atoms with E-state index >= 15 is 0 Å². The molecule has 0 unspecified atom stereocenters. The molecule has 0 atom stereocenters. The van der Waals surface area contributed by atoms with Gasteiger partial charge in [-0.15, -0.1) is 11.8 Å². The lowest BCUT2D eigenvalue weighted by molar-refractivity contribution is -0.120. The highest BCUT2D eigenvalue weighted by atomic mass is 32.2. The molecule has 142 valence electrons. The monoisotopic (exact) mass is 382 g/mol. The summed E-state index contributed by atoms with van der Waals surface area (Å²) in [6, 6.07) is 15.5. The van der Waals surface area contributed by atoms with Crippen LogP contribution in [-0.2, 0) is 9.59 Å². The van der Waals surface area contributed by atoms with Crippen LogP contribution in [0, 0.1) is 12.8 Å². The van der Waals surface area contributed by atoms with Crippen LogP contribution in [0.5, 0.6) is 0 Å². The first-order chi connectivity index (χ1) is 13.1. The van der Waals surface area contributed by atoms with Crippen molar-refractivity contribution in [1.82, 2.24) is 0 Å². The van der Waals surface area contributed by atoms with E-state index in [4.69, 9.17) is 0 Å². The minimum absolute atomic E-state index is 0.0412. The van der Waals surface area contributed by atoms with E-state index in [0.717, 1.165) is 47.5 Å². The van der Waals surface area contributed by atoms with Crippen LogP contribution >= 0.6 is 11.8 Å². The van der Waals surface area contributed by atoms with Crippen molar-refractivity contribution >= 4 is 35.0 Å². The average molecular weight is 383 g/mol. The molecule has 2 aromatic rings. The molecule has 0 saturated heterocycles. The summed E-state index contributed by atoms with van der Waals surface area (Å²) < 4.78 is 0. The SMILES string of the molecule is Cc1ccc(NC(=O)CSc2cccc(NC(=O)C3CCCCC3)c2)cc1. The molecular weight excluding hydrogens is 356 g/mol. The van der Waals surface area contributed by atoms with E-state index in [1.165, 1.54) is 18.2 Å². The second-order valence-corrected chi connectivity index (χ2v) is 8.10. The molecule has 1 aliphatic carbocycles. The summed E-state index contributed by atoms with van der Waals surface area (Å²) in [7, 11) is 0. The highest BCUT2D eigenvalue weighted by Gasteiger charge is 2.21. The average Bonchev–Trinajstić information content (AvgIpc) is 2.69. The molecule has 27 heavy (non-hydrogen) atoms. The van der Waals surface area contributed by atoms with Gasteiger partial charge in [-0.05, 0) is 50.1 Å². The van der Waals surface area contributed by atoms with Crippen LogP contribution in [0.4, 0.5) is 11.4 Å². The molecule has 1 aliphatic rings. The molecule has 1 saturated carbocycles. The number of benzene rings is 2. The van der Waals surface area contributed by atoms with Gasteiger partial charge in [-0.1, -0.05) is 43.0 Å². The smallest absolute Gasteiger partial charge is 0.234 e. The van der Waals surface area contributed by atoms with E-state index in [9.17, 15) is 9.59 Å². The van der Waals surface area contributed by atoms with Gasteiger partial charge in [-0.2, -0.15) is 0 Å². The Bertz CT molecular complexity index is 783. The number of carbonyl (C=O) groups is 2. The molecule has 0 bridgehead atoms. The van der Waals surface area contributed by atoms with E-state index in [1.54, 1.807) is 0 Å². The van der Waals surface area contributed by atoms with Crippen molar-refractivity contribution in [2.75, 3.05) is 16.4 Å². The zero-order valence-corrected chi connectivity index (χ0v) is 16.5. The number of amides is 2. The molecule has 0 spiro atoms. The van der Waals surface area contributed by atoms with Gasteiger partial charge in [0.2, 0.25) is 11.8 Å². The van der Waals surface area contributed by atoms with Gasteiger partial charge in [-0.25, -0.2) is 0 Å². The minimum atomic E-state index is -0.0412. The maximum Gasteiger partial charge on any atom is 0.234 e. The Morgan fingerprint density at radius 2 is 1.70 bits per heavy atom. The summed E-state index contributed by atoms with van der Waals surface area (Å²) in [5, 5.41) is 5.93. The van der Waals surface area contributed by atoms with Gasteiger partial charge in [0, 0.05) is 22.2 Å². The lowest BCUT2D eigenvalue weighted by atomic mass is 9.88. The summed E-state index contributed by atoms with van der Waals surface area (Å²) >= 11 is 1.46. The Labute approximate surface area is 165 Å². The Hall–Kier alpha value is -2.27. The molecule has 2 amide bonds. The van der Waals surface area contributed by atoms with Crippen LogP contribution in [0.25, 0.3) is 0 Å². The highest BCUT2D eigenvalue weighted by Crippen LogP contribution is 2.26. The van der Waals surface area contributed by atoms with Gasteiger partial charge in [0.25, 0.3) is 0 Å². The van der Waals surface area contributed by atoms with E-state index in [-0.39, 0.29) is 17.7 Å². The molecule has 0 aliphatic heterocycles. The van der Waals surface area contributed by atoms with Gasteiger partial charge in [0.1, 0.15) is 0 Å². The third-order valence-electron chi connectivity index (χ3n) is 4.78. The van der Waals surface area contributed by atoms with E-state index in [2.05, 4.69) is 10.6 Å². The fourth-order valence-corrected chi connectivity index (χ4v) is 4.01. The summed E-state index contributed by atoms with van der Waals surface area (Å²) in [5.74, 6) is 0.540. The summed E-state index contributed by atoms with van der Waals surface area (Å²) in [6.45, 7) is 2.02. The Morgan fingerprint density at radius 3 is 2.44 bits per heavy atom. The van der Waals surface area contributed by atoms with Gasteiger partial charge in [0.15, 0.2) is 0 Å². The van der Waals surface area contributed by atoms with Gasteiger partial charge < -0.3 is 10.6 Å². The summed E-state index contributed by atoms with van der Waals surface area (Å²) in [4.78, 5) is 25.5. The standard InChI is InChI=1S/C22H26N2O2S/c1-16-10-12-18(13-11-16)23-21(25)15-27-20-9-5-8-19(14-20)24-22(26)17-6-3-2-4-7-17/h5,8-14,17H,2-4,6-7,15H2,1H3,(H,23,25)(H,24,26). The minimum Gasteiger partial charge on any atom is -0.326 e. The van der Waals surface area contributed by atoms with Crippen LogP contribution in [-0.4, -0.2) is 17.6 Å². The molecule has 0 aromatic heterocycles. The maximum absolute atomic E-state index is 12.4. The van der Waals surface area contributed by atoms with Crippen LogP contribution in [0.3, 0.4) is 0 Å². The number of carbonyl (C=O) groups excluding carboxylic acids is 2. The van der Waals surface area contributed by atoms with E-state index in [0.29, 0.717) is 5.75 Å². The second kappa shape index (κ2) is 9.60. The topological polar surface area (TPSA) is 58.2 Å². The van der Waals surface area contributed by atoms with Crippen molar-refractivity contribution < 1.29 is 9.59 Å². The summed E-state index contributed by atoms with van der Waals surface area (Å²) in [5.41, 5.74) is 2.77. The molecule has 0 heterocycles. The van der Waals surface area contributed by atoms with Crippen LogP contribution in [0.15, 0.2) is 53.4 Å². The third kappa shape index (κ3) is 6.14. The summed E-state index contributed by atoms with van der Waals surface area (Å²) in [6.07, 6.45) is 5.49. The predicted octanol–water partition coefficient (Wildman–Crippen LogP) is 5.24. The van der Waals surface area contributed by atoms with Crippen molar-refractivity contribution in [2.24, 2.45) is 5.92 Å². The number of aryl methyl sites for hydroxylation is 1. The zero-order chi connectivity index (χ0) is 19.1. The zero-order valence-electron chi connectivity index (χ0n) is 15.7. The Morgan fingerprint density at radius 1 is 0.963 bits per heavy atom. The molecule has 1 fully saturated rings. The lowest BCUT2D eigenvalue weighted by Gasteiger charge is -2.20. The third-order valence-corrected chi connectivity index (χ3v) is 5.78. The van der Waals surface area contributed by atoms with Crippen molar-refractivity contribution in [3.63, 3.8) is 0 Å². The van der Waals surface area contributed by atoms with Crippen LogP contribution < -0.4 is 10.6 Å². The first-order valence-electron chi connectivity index (χ1n) is 9.50. The number of nitrogens with one attached hydrogen (secondary N) is 2. The van der Waals surface area contributed by atoms with E-state index in [1.807, 2.05) is 55.5 Å². The first-order valence-corrected chi connectivity index (χ1v) is 10.5. The molecule has 0 radical (unpaired) electrons. The Kier molecular flexibility index (Phi) is 6.93. The normalized spacial score (nSPS) is 14.6. The van der Waals surface area contributed by atoms with Crippen molar-refractivity contribution in [3.8, 4) is 0 Å². The highest BCUT2D eigenvalue weighted by molar-refractivity contribution is 8.00. The quantitative estimate of drug-likeness (QED) is 0.671. The second-order valence-electron chi connectivity index (χ2n) is 7.05. The number of thioether (sulfide) groups is 1. The number of hydrogen-bond acceptors (Lipinski definition) is 3. The van der Waals surface area contributed by atoms with Gasteiger partial charge in [0.05, 0.1) is 5.75 Å². The number of anilines is 2. The molecule has 2 aromatic carbocycles. The van der Waals surface area contributed by atoms with Gasteiger partial charge in [-0.3, -0.25) is 9.59 Å². The van der Waals surface area contributed by atoms with Crippen molar-refractivity contribution in [3.05, 3.63) is 54.1 Å². The van der Waals surface area contributed by atoms with E-state index < -0.39 is 0 Å². The van der Waals surface area contributed by atoms with Crippen molar-refractivity contribution in [1.29, 1.82) is 0 Å². The van der Waals surface area contributed by atoms with Gasteiger partial charge >= 0.3 is 0 Å². The number of hydrogen-bond donors (Lipinski definition) is 2. The largest absolute Gasteiger partial charge is 0.326 e. The molecule has 2 N–H and O–H groups in total. The first kappa shape index (κ1) is 19.5. The van der Waals surface area contributed by atoms with Crippen LogP contribution in [0.2, 0.25) is 0 Å². The number of rotatable bonds is 6. The fourth-order valence-electron chi connectivity index (χ4n) is 3.26. The fraction of sp³-hybridized carbons (Fsp3) is 0.364.